The second kappa shape index (κ2) is 7.77. The summed E-state index contributed by atoms with van der Waals surface area (Å²) in [6.07, 6.45) is -0.407. The van der Waals surface area contributed by atoms with E-state index in [-0.39, 0.29) is 31.6 Å². The lowest BCUT2D eigenvalue weighted by Crippen LogP contribution is -2.37. The van der Waals surface area contributed by atoms with Crippen molar-refractivity contribution in [1.29, 1.82) is 0 Å². The lowest BCUT2D eigenvalue weighted by atomic mass is 9.64. The molecule has 1 aliphatic rings. The quantitative estimate of drug-likeness (QED) is 0.520. The zero-order valence-corrected chi connectivity index (χ0v) is 12.0. The maximum Gasteiger partial charge on any atom is 0.303 e. The highest BCUT2D eigenvalue weighted by Gasteiger charge is 2.41. The van der Waals surface area contributed by atoms with Crippen molar-refractivity contribution in [2.24, 2.45) is 23.7 Å². The Morgan fingerprint density at radius 3 is 1.32 bits per heavy atom. The van der Waals surface area contributed by atoms with Crippen LogP contribution in [0.3, 0.4) is 0 Å². The highest BCUT2D eigenvalue weighted by molar-refractivity contribution is 5.70. The molecule has 0 radical (unpaired) electrons. The Labute approximate surface area is 126 Å². The molecule has 1 fully saturated rings. The van der Waals surface area contributed by atoms with Gasteiger partial charge in [0.1, 0.15) is 0 Å². The van der Waals surface area contributed by atoms with Crippen LogP contribution in [0.1, 0.15) is 38.5 Å². The average molecular weight is 316 g/mol. The van der Waals surface area contributed by atoms with Gasteiger partial charge < -0.3 is 20.4 Å². The molecule has 0 aliphatic heterocycles. The van der Waals surface area contributed by atoms with Crippen LogP contribution in [0.25, 0.3) is 0 Å². The monoisotopic (exact) mass is 316 g/mol. The second-order valence-electron chi connectivity index (χ2n) is 5.91. The highest BCUT2D eigenvalue weighted by atomic mass is 16.4. The Kier molecular flexibility index (Phi) is 6.33. The molecule has 0 aromatic heterocycles. The molecule has 0 aromatic rings. The normalized spacial score (nSPS) is 28.0. The Morgan fingerprint density at radius 1 is 0.636 bits per heavy atom. The van der Waals surface area contributed by atoms with Crippen LogP contribution in [0, 0.1) is 23.7 Å². The number of carboxylic acid groups (broad SMARTS) is 4. The topological polar surface area (TPSA) is 149 Å². The fourth-order valence-electron chi connectivity index (χ4n) is 3.55. The number of aliphatic carboxylic acids is 4. The largest absolute Gasteiger partial charge is 0.481 e. The maximum atomic E-state index is 11.0. The van der Waals surface area contributed by atoms with Crippen molar-refractivity contribution in [3.8, 4) is 0 Å². The first-order valence-electron chi connectivity index (χ1n) is 7.06. The number of carbonyl (C=O) groups is 4. The zero-order valence-electron chi connectivity index (χ0n) is 12.0. The van der Waals surface area contributed by atoms with Crippen LogP contribution in [0.5, 0.6) is 0 Å². The minimum atomic E-state index is -1.10. The summed E-state index contributed by atoms with van der Waals surface area (Å²) in [6, 6.07) is 0. The van der Waals surface area contributed by atoms with E-state index in [1.807, 2.05) is 0 Å². The van der Waals surface area contributed by atoms with Gasteiger partial charge >= 0.3 is 23.9 Å². The number of rotatable bonds is 8. The van der Waals surface area contributed by atoms with E-state index < -0.39 is 41.6 Å². The molecule has 0 amide bonds. The standard InChI is InChI=1S/C14H20O8/c15-11(16)3-7-1-8(4-12(17)18)10(6-14(21)22)9(2-7)5-13(19)20/h7-10H,1-6H2,(H,15,16)(H,17,18)(H,19,20)(H,21,22). The molecule has 0 saturated heterocycles. The molecule has 0 bridgehead atoms. The summed E-state index contributed by atoms with van der Waals surface area (Å²) in [4.78, 5) is 43.8. The molecule has 0 aromatic carbocycles. The Balaban J connectivity index is 2.97. The molecule has 2 unspecified atom stereocenters. The third-order valence-corrected chi connectivity index (χ3v) is 4.23. The van der Waals surface area contributed by atoms with E-state index in [2.05, 4.69) is 0 Å². The fourth-order valence-corrected chi connectivity index (χ4v) is 3.55. The van der Waals surface area contributed by atoms with Crippen molar-refractivity contribution in [3.05, 3.63) is 0 Å². The first-order valence-corrected chi connectivity index (χ1v) is 7.06. The van der Waals surface area contributed by atoms with Gasteiger partial charge in [-0.05, 0) is 36.5 Å². The molecular formula is C14H20O8. The summed E-state index contributed by atoms with van der Waals surface area (Å²) >= 11 is 0. The van der Waals surface area contributed by atoms with Gasteiger partial charge in [0, 0.05) is 25.7 Å². The van der Waals surface area contributed by atoms with Gasteiger partial charge in [0.2, 0.25) is 0 Å². The van der Waals surface area contributed by atoms with Gasteiger partial charge in [-0.1, -0.05) is 0 Å². The SMILES string of the molecule is O=C(O)CC1CC(CC(=O)O)C(CC(=O)O)C(CC(=O)O)C1. The first kappa shape index (κ1) is 17.9. The third-order valence-electron chi connectivity index (χ3n) is 4.23. The molecule has 8 nitrogen and oxygen atoms in total. The van der Waals surface area contributed by atoms with Crippen LogP contribution in [-0.2, 0) is 19.2 Å². The van der Waals surface area contributed by atoms with Gasteiger partial charge in [-0.25, -0.2) is 0 Å². The summed E-state index contributed by atoms with van der Waals surface area (Å²) in [5, 5.41) is 35.8. The van der Waals surface area contributed by atoms with Gasteiger partial charge in [0.05, 0.1) is 0 Å². The molecule has 1 saturated carbocycles. The second-order valence-corrected chi connectivity index (χ2v) is 5.91. The van der Waals surface area contributed by atoms with Gasteiger partial charge in [0.25, 0.3) is 0 Å². The van der Waals surface area contributed by atoms with Crippen molar-refractivity contribution in [2.45, 2.75) is 38.5 Å². The molecule has 2 atom stereocenters. The van der Waals surface area contributed by atoms with Crippen molar-refractivity contribution in [3.63, 3.8) is 0 Å². The van der Waals surface area contributed by atoms with E-state index in [0.29, 0.717) is 12.8 Å². The Morgan fingerprint density at radius 2 is 1.00 bits per heavy atom. The molecule has 8 heteroatoms. The van der Waals surface area contributed by atoms with E-state index in [1.54, 1.807) is 0 Å². The van der Waals surface area contributed by atoms with E-state index >= 15 is 0 Å². The van der Waals surface area contributed by atoms with Crippen LogP contribution < -0.4 is 0 Å². The fraction of sp³-hybridized carbons (Fsp3) is 0.714. The van der Waals surface area contributed by atoms with Crippen LogP contribution in [0.15, 0.2) is 0 Å². The van der Waals surface area contributed by atoms with Crippen molar-refractivity contribution < 1.29 is 39.6 Å². The van der Waals surface area contributed by atoms with E-state index in [0.717, 1.165) is 0 Å². The molecule has 1 aliphatic carbocycles. The van der Waals surface area contributed by atoms with Crippen molar-refractivity contribution in [1.82, 2.24) is 0 Å². The smallest absolute Gasteiger partial charge is 0.303 e. The maximum absolute atomic E-state index is 11.0. The van der Waals surface area contributed by atoms with Crippen LogP contribution in [0.4, 0.5) is 0 Å². The van der Waals surface area contributed by atoms with Crippen LogP contribution >= 0.6 is 0 Å². The average Bonchev–Trinajstić information content (AvgIpc) is 2.30. The summed E-state index contributed by atoms with van der Waals surface area (Å²) in [5.41, 5.74) is 0. The molecule has 124 valence electrons. The third kappa shape index (κ3) is 5.71. The van der Waals surface area contributed by atoms with Gasteiger partial charge in [-0.15, -0.1) is 0 Å². The highest BCUT2D eigenvalue weighted by Crippen LogP contribution is 2.44. The van der Waals surface area contributed by atoms with E-state index in [9.17, 15) is 19.2 Å². The summed E-state index contributed by atoms with van der Waals surface area (Å²) in [7, 11) is 0. The predicted octanol–water partition coefficient (Wildman–Crippen LogP) is 1.14. The minimum Gasteiger partial charge on any atom is -0.481 e. The summed E-state index contributed by atoms with van der Waals surface area (Å²) in [5.74, 6) is -6.23. The molecule has 1 rings (SSSR count). The molecule has 0 heterocycles. The lowest BCUT2D eigenvalue weighted by molar-refractivity contribution is -0.147. The first-order chi connectivity index (χ1) is 10.2. The zero-order chi connectivity index (χ0) is 16.9. The van der Waals surface area contributed by atoms with Crippen LogP contribution in [-0.4, -0.2) is 44.3 Å². The predicted molar refractivity (Wildman–Crippen MR) is 72.2 cm³/mol. The molecular weight excluding hydrogens is 296 g/mol. The number of hydrogen-bond donors (Lipinski definition) is 4. The van der Waals surface area contributed by atoms with E-state index in [4.69, 9.17) is 20.4 Å². The molecule has 22 heavy (non-hydrogen) atoms. The van der Waals surface area contributed by atoms with E-state index in [1.165, 1.54) is 0 Å². The number of carboxylic acids is 4. The van der Waals surface area contributed by atoms with Gasteiger partial charge in [0.15, 0.2) is 0 Å². The lowest BCUT2D eigenvalue weighted by Gasteiger charge is -2.40. The molecule has 0 spiro atoms. The number of hydrogen-bond acceptors (Lipinski definition) is 4. The summed E-state index contributed by atoms with van der Waals surface area (Å²) in [6.45, 7) is 0. The summed E-state index contributed by atoms with van der Waals surface area (Å²) < 4.78 is 0. The minimum absolute atomic E-state index is 0.161. The van der Waals surface area contributed by atoms with Crippen molar-refractivity contribution in [2.75, 3.05) is 0 Å². The van der Waals surface area contributed by atoms with Crippen LogP contribution in [0.2, 0.25) is 0 Å². The van der Waals surface area contributed by atoms with Crippen molar-refractivity contribution >= 4 is 23.9 Å². The Hall–Kier alpha value is -2.12. The van der Waals surface area contributed by atoms with Gasteiger partial charge in [-0.3, -0.25) is 19.2 Å². The Bertz CT molecular complexity index is 432. The molecule has 4 N–H and O–H groups in total. The van der Waals surface area contributed by atoms with Gasteiger partial charge in [-0.2, -0.15) is 0 Å².